The first-order valence-corrected chi connectivity index (χ1v) is 4.35. The number of alkyl halides is 1. The maximum atomic E-state index is 5.58. The van der Waals surface area contributed by atoms with E-state index in [0.29, 0.717) is 11.8 Å². The molecule has 3 heteroatoms. The number of nitrogens with zero attached hydrogens (tertiary/aromatic N) is 2. The summed E-state index contributed by atoms with van der Waals surface area (Å²) >= 11 is 5.58. The van der Waals surface area contributed by atoms with Crippen LogP contribution in [-0.4, -0.2) is 15.4 Å². The molecule has 0 aliphatic heterocycles. The first-order valence-electron chi connectivity index (χ1n) is 3.81. The Bertz CT molecular complexity index is 218. The Morgan fingerprint density at radius 2 is 2.36 bits per heavy atom. The molecule has 0 N–H and O–H groups in total. The molecule has 62 valence electrons. The monoisotopic (exact) mass is 172 g/mol. The van der Waals surface area contributed by atoms with Crippen molar-refractivity contribution in [3.05, 3.63) is 18.2 Å². The smallest absolute Gasteiger partial charge is 0.0949 e. The summed E-state index contributed by atoms with van der Waals surface area (Å²) in [5.41, 5.74) is 1.13. The third kappa shape index (κ3) is 2.22. The summed E-state index contributed by atoms with van der Waals surface area (Å²) in [5, 5.41) is 0. The topological polar surface area (TPSA) is 17.8 Å². The maximum Gasteiger partial charge on any atom is 0.0949 e. The zero-order valence-electron chi connectivity index (χ0n) is 6.92. The van der Waals surface area contributed by atoms with Crippen LogP contribution < -0.4 is 0 Å². The van der Waals surface area contributed by atoms with Crippen LogP contribution in [0.15, 0.2) is 12.5 Å². The van der Waals surface area contributed by atoms with Gasteiger partial charge in [-0.25, -0.2) is 4.98 Å². The van der Waals surface area contributed by atoms with Crippen LogP contribution in [0.1, 0.15) is 25.5 Å². The third-order valence-electron chi connectivity index (χ3n) is 1.59. The predicted molar refractivity (Wildman–Crippen MR) is 47.0 cm³/mol. The normalized spacial score (nSPS) is 10.9. The number of rotatable bonds is 3. The molecule has 0 saturated carbocycles. The molecule has 1 aromatic heterocycles. The Morgan fingerprint density at radius 1 is 1.64 bits per heavy atom. The molecule has 0 amide bonds. The predicted octanol–water partition coefficient (Wildman–Crippen LogP) is 2.25. The molecule has 0 spiro atoms. The first kappa shape index (κ1) is 8.60. The van der Waals surface area contributed by atoms with Crippen molar-refractivity contribution in [1.29, 1.82) is 0 Å². The summed E-state index contributed by atoms with van der Waals surface area (Å²) in [6, 6.07) is 0. The Hall–Kier alpha value is -0.500. The number of aromatic nitrogens is 2. The minimum absolute atomic E-state index is 0.506. The molecule has 1 heterocycles. The number of hydrogen-bond donors (Lipinski definition) is 0. The van der Waals surface area contributed by atoms with Gasteiger partial charge in [0.1, 0.15) is 0 Å². The van der Waals surface area contributed by atoms with Gasteiger partial charge >= 0.3 is 0 Å². The highest BCUT2D eigenvalue weighted by molar-refractivity contribution is 6.17. The summed E-state index contributed by atoms with van der Waals surface area (Å²) in [6.45, 7) is 5.11. The van der Waals surface area contributed by atoms with Crippen molar-refractivity contribution in [1.82, 2.24) is 9.55 Å². The lowest BCUT2D eigenvalue weighted by atomic mass is 10.2. The molecule has 0 aliphatic carbocycles. The van der Waals surface area contributed by atoms with Crippen LogP contribution >= 0.6 is 11.6 Å². The fourth-order valence-corrected chi connectivity index (χ4v) is 1.09. The molecule has 1 aromatic rings. The second-order valence-corrected chi connectivity index (χ2v) is 3.26. The molecule has 0 fully saturated rings. The van der Waals surface area contributed by atoms with Crippen LogP contribution in [-0.2, 0) is 6.54 Å². The van der Waals surface area contributed by atoms with Gasteiger partial charge in [0.05, 0.1) is 12.0 Å². The van der Waals surface area contributed by atoms with Gasteiger partial charge in [0.25, 0.3) is 0 Å². The third-order valence-corrected chi connectivity index (χ3v) is 1.76. The molecule has 0 unspecified atom stereocenters. The Kier molecular flexibility index (Phi) is 2.94. The molecular formula is C8H13ClN2. The number of aryl methyl sites for hydroxylation is 1. The lowest BCUT2D eigenvalue weighted by molar-refractivity contribution is 0.762. The molecular weight excluding hydrogens is 160 g/mol. The summed E-state index contributed by atoms with van der Waals surface area (Å²) < 4.78 is 2.02. The van der Waals surface area contributed by atoms with E-state index in [1.54, 1.807) is 0 Å². The molecule has 11 heavy (non-hydrogen) atoms. The van der Waals surface area contributed by atoms with Crippen LogP contribution in [0.25, 0.3) is 0 Å². The van der Waals surface area contributed by atoms with Gasteiger partial charge in [-0.3, -0.25) is 0 Å². The van der Waals surface area contributed by atoms with E-state index in [0.717, 1.165) is 12.2 Å². The molecule has 0 aliphatic rings. The average Bonchev–Trinajstić information content (AvgIpc) is 2.37. The van der Waals surface area contributed by atoms with Crippen LogP contribution in [0.4, 0.5) is 0 Å². The SMILES string of the molecule is CC(C)c1cn(CCCl)cn1. The van der Waals surface area contributed by atoms with Crippen molar-refractivity contribution in [3.8, 4) is 0 Å². The summed E-state index contributed by atoms with van der Waals surface area (Å²) in [6.07, 6.45) is 3.88. The van der Waals surface area contributed by atoms with Gasteiger partial charge < -0.3 is 4.57 Å². The van der Waals surface area contributed by atoms with Crippen molar-refractivity contribution in [2.75, 3.05) is 5.88 Å². The number of halogens is 1. The maximum absolute atomic E-state index is 5.58. The summed E-state index contributed by atoms with van der Waals surface area (Å²) in [4.78, 5) is 4.24. The Labute approximate surface area is 72.2 Å². The minimum Gasteiger partial charge on any atom is -0.336 e. The lowest BCUT2D eigenvalue weighted by Gasteiger charge is -1.97. The van der Waals surface area contributed by atoms with E-state index in [-0.39, 0.29) is 0 Å². The van der Waals surface area contributed by atoms with Gasteiger partial charge in [0.15, 0.2) is 0 Å². The van der Waals surface area contributed by atoms with Gasteiger partial charge in [-0.1, -0.05) is 13.8 Å². The van der Waals surface area contributed by atoms with Gasteiger partial charge in [0, 0.05) is 18.6 Å². The van der Waals surface area contributed by atoms with Gasteiger partial charge in [-0.15, -0.1) is 11.6 Å². The highest BCUT2D eigenvalue weighted by atomic mass is 35.5. The van der Waals surface area contributed by atoms with Crippen molar-refractivity contribution >= 4 is 11.6 Å². The van der Waals surface area contributed by atoms with E-state index in [4.69, 9.17) is 11.6 Å². The largest absolute Gasteiger partial charge is 0.336 e. The van der Waals surface area contributed by atoms with Crippen molar-refractivity contribution in [2.45, 2.75) is 26.3 Å². The Balaban J connectivity index is 2.66. The van der Waals surface area contributed by atoms with E-state index < -0.39 is 0 Å². The van der Waals surface area contributed by atoms with Crippen LogP contribution in [0.5, 0.6) is 0 Å². The van der Waals surface area contributed by atoms with Crippen LogP contribution in [0, 0.1) is 0 Å². The van der Waals surface area contributed by atoms with Gasteiger partial charge in [0.2, 0.25) is 0 Å². The standard InChI is InChI=1S/C8H13ClN2/c1-7(2)8-5-11(4-3-9)6-10-8/h5-7H,3-4H2,1-2H3. The quantitative estimate of drug-likeness (QED) is 0.640. The highest BCUT2D eigenvalue weighted by Crippen LogP contribution is 2.10. The second-order valence-electron chi connectivity index (χ2n) is 2.88. The fraction of sp³-hybridized carbons (Fsp3) is 0.625. The minimum atomic E-state index is 0.506. The van der Waals surface area contributed by atoms with E-state index in [1.807, 2.05) is 17.1 Å². The van der Waals surface area contributed by atoms with E-state index in [2.05, 4.69) is 18.8 Å². The summed E-state index contributed by atoms with van der Waals surface area (Å²) in [5.74, 6) is 1.15. The van der Waals surface area contributed by atoms with Crippen molar-refractivity contribution in [3.63, 3.8) is 0 Å². The number of imidazole rings is 1. The number of hydrogen-bond acceptors (Lipinski definition) is 1. The van der Waals surface area contributed by atoms with Gasteiger partial charge in [-0.2, -0.15) is 0 Å². The molecule has 0 aromatic carbocycles. The molecule has 0 saturated heterocycles. The van der Waals surface area contributed by atoms with Crippen LogP contribution in [0.2, 0.25) is 0 Å². The molecule has 1 rings (SSSR count). The van der Waals surface area contributed by atoms with E-state index in [9.17, 15) is 0 Å². The average molecular weight is 173 g/mol. The van der Waals surface area contributed by atoms with Crippen LogP contribution in [0.3, 0.4) is 0 Å². The van der Waals surface area contributed by atoms with E-state index >= 15 is 0 Å². The molecule has 0 atom stereocenters. The zero-order chi connectivity index (χ0) is 8.27. The fourth-order valence-electron chi connectivity index (χ4n) is 0.895. The molecule has 0 bridgehead atoms. The van der Waals surface area contributed by atoms with E-state index in [1.165, 1.54) is 0 Å². The summed E-state index contributed by atoms with van der Waals surface area (Å²) in [7, 11) is 0. The van der Waals surface area contributed by atoms with Crippen molar-refractivity contribution < 1.29 is 0 Å². The Morgan fingerprint density at radius 3 is 2.82 bits per heavy atom. The second kappa shape index (κ2) is 3.77. The lowest BCUT2D eigenvalue weighted by Crippen LogP contribution is -1.94. The molecule has 2 nitrogen and oxygen atoms in total. The van der Waals surface area contributed by atoms with Gasteiger partial charge in [-0.05, 0) is 5.92 Å². The highest BCUT2D eigenvalue weighted by Gasteiger charge is 2.01. The zero-order valence-corrected chi connectivity index (χ0v) is 7.67. The first-order chi connectivity index (χ1) is 5.24. The van der Waals surface area contributed by atoms with Crippen molar-refractivity contribution in [2.24, 2.45) is 0 Å². The molecule has 0 radical (unpaired) electrons.